The van der Waals surface area contributed by atoms with E-state index in [1.54, 1.807) is 6.92 Å². The maximum absolute atomic E-state index is 12.6. The van der Waals surface area contributed by atoms with Gasteiger partial charge in [-0.2, -0.15) is 0 Å². The fourth-order valence-electron chi connectivity index (χ4n) is 1.81. The highest BCUT2D eigenvalue weighted by Crippen LogP contribution is 2.33. The topological polar surface area (TPSA) is 38.3 Å². The lowest BCUT2D eigenvalue weighted by molar-refractivity contribution is -0.156. The minimum Gasteiger partial charge on any atom is -0.469 e. The Morgan fingerprint density at radius 2 is 2.46 bits per heavy atom. The first kappa shape index (κ1) is 10.4. The Balaban J connectivity index is 2.76. The molecule has 1 fully saturated rings. The number of hydrogen-bond acceptors (Lipinski definition) is 3. The molecule has 1 aliphatic heterocycles. The fourth-order valence-corrected chi connectivity index (χ4v) is 1.81. The second kappa shape index (κ2) is 4.05. The van der Waals surface area contributed by atoms with E-state index < -0.39 is 12.1 Å². The van der Waals surface area contributed by atoms with Crippen LogP contribution in [0.2, 0.25) is 0 Å². The summed E-state index contributed by atoms with van der Waals surface area (Å²) < 4.78 is 17.3. The molecular formula is C9H16FNO2. The molecule has 1 heterocycles. The molecule has 1 rings (SSSR count). The van der Waals surface area contributed by atoms with E-state index in [2.05, 4.69) is 10.1 Å². The SMILES string of the molecule is COC(=O)C1(C)CNCCC1CF. The van der Waals surface area contributed by atoms with E-state index in [9.17, 15) is 9.18 Å². The summed E-state index contributed by atoms with van der Waals surface area (Å²) in [5.41, 5.74) is -0.693. The molecule has 0 aromatic heterocycles. The summed E-state index contributed by atoms with van der Waals surface area (Å²) in [5.74, 6) is -0.524. The minimum atomic E-state index is -0.693. The van der Waals surface area contributed by atoms with E-state index in [4.69, 9.17) is 0 Å². The Bertz CT molecular complexity index is 198. The Hall–Kier alpha value is -0.640. The molecule has 76 valence electrons. The van der Waals surface area contributed by atoms with Gasteiger partial charge in [0.05, 0.1) is 19.2 Å². The summed E-state index contributed by atoms with van der Waals surface area (Å²) in [6.45, 7) is 2.60. The van der Waals surface area contributed by atoms with Crippen LogP contribution in [-0.2, 0) is 9.53 Å². The van der Waals surface area contributed by atoms with Crippen LogP contribution in [0.25, 0.3) is 0 Å². The molecule has 3 nitrogen and oxygen atoms in total. The van der Waals surface area contributed by atoms with Gasteiger partial charge in [0.25, 0.3) is 0 Å². The Labute approximate surface area is 77.6 Å². The number of hydrogen-bond donors (Lipinski definition) is 1. The van der Waals surface area contributed by atoms with Crippen molar-refractivity contribution in [2.24, 2.45) is 11.3 Å². The van der Waals surface area contributed by atoms with Crippen molar-refractivity contribution >= 4 is 5.97 Å². The zero-order valence-corrected chi connectivity index (χ0v) is 8.10. The molecular weight excluding hydrogens is 173 g/mol. The first-order chi connectivity index (χ1) is 6.15. The number of esters is 1. The molecule has 2 unspecified atom stereocenters. The Morgan fingerprint density at radius 1 is 1.77 bits per heavy atom. The van der Waals surface area contributed by atoms with Gasteiger partial charge in [-0.25, -0.2) is 0 Å². The molecule has 4 heteroatoms. The zero-order chi connectivity index (χ0) is 9.90. The number of methoxy groups -OCH3 is 1. The second-order valence-corrected chi connectivity index (χ2v) is 3.73. The van der Waals surface area contributed by atoms with Crippen LogP contribution >= 0.6 is 0 Å². The molecule has 2 atom stereocenters. The summed E-state index contributed by atoms with van der Waals surface area (Å²) in [6.07, 6.45) is 0.697. The van der Waals surface area contributed by atoms with Gasteiger partial charge in [-0.1, -0.05) is 0 Å². The van der Waals surface area contributed by atoms with E-state index in [0.29, 0.717) is 13.0 Å². The normalized spacial score (nSPS) is 34.2. The highest BCUT2D eigenvalue weighted by atomic mass is 19.1. The van der Waals surface area contributed by atoms with E-state index in [1.165, 1.54) is 7.11 Å². The van der Waals surface area contributed by atoms with Crippen LogP contribution in [0.1, 0.15) is 13.3 Å². The average Bonchev–Trinajstić information content (AvgIpc) is 2.17. The van der Waals surface area contributed by atoms with Crippen molar-refractivity contribution in [1.29, 1.82) is 0 Å². The molecule has 0 amide bonds. The molecule has 0 aromatic rings. The van der Waals surface area contributed by atoms with E-state index >= 15 is 0 Å². The van der Waals surface area contributed by atoms with Crippen LogP contribution in [0, 0.1) is 11.3 Å². The van der Waals surface area contributed by atoms with Crippen molar-refractivity contribution < 1.29 is 13.9 Å². The van der Waals surface area contributed by atoms with Crippen LogP contribution in [0.4, 0.5) is 4.39 Å². The summed E-state index contributed by atoms with van der Waals surface area (Å²) in [5, 5.41) is 3.09. The van der Waals surface area contributed by atoms with Crippen molar-refractivity contribution in [3.63, 3.8) is 0 Å². The van der Waals surface area contributed by atoms with Crippen molar-refractivity contribution in [3.05, 3.63) is 0 Å². The van der Waals surface area contributed by atoms with E-state index in [0.717, 1.165) is 6.54 Å². The highest BCUT2D eigenvalue weighted by molar-refractivity contribution is 5.77. The smallest absolute Gasteiger partial charge is 0.313 e. The van der Waals surface area contributed by atoms with E-state index in [1.807, 2.05) is 0 Å². The summed E-state index contributed by atoms with van der Waals surface area (Å²) in [6, 6.07) is 0. The number of halogens is 1. The third-order valence-corrected chi connectivity index (χ3v) is 2.90. The van der Waals surface area contributed by atoms with Crippen LogP contribution in [-0.4, -0.2) is 32.8 Å². The molecule has 1 saturated heterocycles. The standard InChI is InChI=1S/C9H16FNO2/c1-9(8(12)13-2)6-11-4-3-7(9)5-10/h7,11H,3-6H2,1-2H3. The van der Waals surface area contributed by atoms with Crippen molar-refractivity contribution in [2.75, 3.05) is 26.9 Å². The van der Waals surface area contributed by atoms with Gasteiger partial charge in [0.15, 0.2) is 0 Å². The fraction of sp³-hybridized carbons (Fsp3) is 0.889. The Kier molecular flexibility index (Phi) is 3.25. The maximum Gasteiger partial charge on any atom is 0.313 e. The third kappa shape index (κ3) is 1.82. The summed E-state index contributed by atoms with van der Waals surface area (Å²) in [7, 11) is 1.34. The molecule has 0 bridgehead atoms. The quantitative estimate of drug-likeness (QED) is 0.651. The van der Waals surface area contributed by atoms with Crippen molar-refractivity contribution in [2.45, 2.75) is 13.3 Å². The van der Waals surface area contributed by atoms with Gasteiger partial charge in [0.1, 0.15) is 0 Å². The highest BCUT2D eigenvalue weighted by Gasteiger charge is 2.43. The summed E-state index contributed by atoms with van der Waals surface area (Å²) in [4.78, 5) is 11.4. The van der Waals surface area contributed by atoms with E-state index in [-0.39, 0.29) is 11.9 Å². The van der Waals surface area contributed by atoms with Gasteiger partial charge in [-0.15, -0.1) is 0 Å². The first-order valence-corrected chi connectivity index (χ1v) is 4.50. The maximum atomic E-state index is 12.6. The van der Waals surface area contributed by atoms with Crippen LogP contribution in [0.3, 0.4) is 0 Å². The molecule has 0 aromatic carbocycles. The lowest BCUT2D eigenvalue weighted by Gasteiger charge is -2.37. The predicted molar refractivity (Wildman–Crippen MR) is 47.1 cm³/mol. The number of ether oxygens (including phenoxy) is 1. The van der Waals surface area contributed by atoms with Crippen LogP contribution < -0.4 is 5.32 Å². The Morgan fingerprint density at radius 3 is 3.00 bits per heavy atom. The monoisotopic (exact) mass is 189 g/mol. The van der Waals surface area contributed by atoms with Crippen molar-refractivity contribution in [3.8, 4) is 0 Å². The molecule has 1 aliphatic rings. The summed E-state index contributed by atoms with van der Waals surface area (Å²) >= 11 is 0. The number of nitrogens with one attached hydrogen (secondary N) is 1. The lowest BCUT2D eigenvalue weighted by atomic mass is 9.73. The molecule has 0 saturated carbocycles. The number of rotatable bonds is 2. The van der Waals surface area contributed by atoms with Crippen LogP contribution in [0.5, 0.6) is 0 Å². The number of alkyl halides is 1. The van der Waals surface area contributed by atoms with Gasteiger partial charge in [0.2, 0.25) is 0 Å². The number of carbonyl (C=O) groups is 1. The molecule has 0 spiro atoms. The average molecular weight is 189 g/mol. The molecule has 0 radical (unpaired) electrons. The van der Waals surface area contributed by atoms with Crippen molar-refractivity contribution in [1.82, 2.24) is 5.32 Å². The zero-order valence-electron chi connectivity index (χ0n) is 8.10. The molecule has 0 aliphatic carbocycles. The van der Waals surface area contributed by atoms with Gasteiger partial charge < -0.3 is 10.1 Å². The number of carbonyl (C=O) groups excluding carboxylic acids is 1. The van der Waals surface area contributed by atoms with Gasteiger partial charge in [-0.3, -0.25) is 9.18 Å². The van der Waals surface area contributed by atoms with Crippen LogP contribution in [0.15, 0.2) is 0 Å². The number of piperidine rings is 1. The van der Waals surface area contributed by atoms with Gasteiger partial charge in [-0.05, 0) is 19.9 Å². The largest absolute Gasteiger partial charge is 0.469 e. The molecule has 13 heavy (non-hydrogen) atoms. The predicted octanol–water partition coefficient (Wildman–Crippen LogP) is 0.745. The van der Waals surface area contributed by atoms with Gasteiger partial charge in [0, 0.05) is 12.5 Å². The van der Waals surface area contributed by atoms with Gasteiger partial charge >= 0.3 is 5.97 Å². The minimum absolute atomic E-state index is 0.207. The lowest BCUT2D eigenvalue weighted by Crippen LogP contribution is -2.50. The third-order valence-electron chi connectivity index (χ3n) is 2.90. The first-order valence-electron chi connectivity index (χ1n) is 4.50. The second-order valence-electron chi connectivity index (χ2n) is 3.73. The molecule has 1 N–H and O–H groups in total.